The van der Waals surface area contributed by atoms with Gasteiger partial charge in [-0.3, -0.25) is 14.4 Å². The van der Waals surface area contributed by atoms with Crippen LogP contribution in [0.4, 0.5) is 0 Å². The number of ether oxygens (including phenoxy) is 3. The van der Waals surface area contributed by atoms with Crippen LogP contribution >= 0.6 is 0 Å². The van der Waals surface area contributed by atoms with Crippen molar-refractivity contribution in [3.05, 3.63) is 109 Å². The Kier molecular flexibility index (Phi) is 60.3. The Morgan fingerprint density at radius 3 is 0.803 bits per heavy atom. The number of carbonyl (C=O) groups excluding carboxylic acids is 3. The van der Waals surface area contributed by atoms with Gasteiger partial charge in [0.15, 0.2) is 6.10 Å². The molecule has 0 spiro atoms. The van der Waals surface area contributed by atoms with Crippen LogP contribution in [0.1, 0.15) is 297 Å². The maximum absolute atomic E-state index is 12.9. The van der Waals surface area contributed by atoms with Crippen molar-refractivity contribution in [2.45, 2.75) is 303 Å². The van der Waals surface area contributed by atoms with Crippen molar-refractivity contribution in [2.75, 3.05) is 13.2 Å². The topological polar surface area (TPSA) is 78.9 Å². The van der Waals surface area contributed by atoms with Crippen LogP contribution in [-0.4, -0.2) is 37.2 Å². The minimum absolute atomic E-state index is 0.0872. The van der Waals surface area contributed by atoms with Crippen LogP contribution < -0.4 is 0 Å². The van der Waals surface area contributed by atoms with E-state index in [2.05, 4.69) is 130 Å². The Balaban J connectivity index is 4.39. The van der Waals surface area contributed by atoms with E-state index in [-0.39, 0.29) is 31.1 Å². The maximum atomic E-state index is 12.9. The predicted octanol–water partition coefficient (Wildman–Crippen LogP) is 21.8. The molecule has 76 heavy (non-hydrogen) atoms. The summed E-state index contributed by atoms with van der Waals surface area (Å²) in [6, 6.07) is 0. The smallest absolute Gasteiger partial charge is 0.306 e. The summed E-state index contributed by atoms with van der Waals surface area (Å²) >= 11 is 0. The third-order valence-electron chi connectivity index (χ3n) is 13.5. The molecule has 1 unspecified atom stereocenters. The second-order valence-corrected chi connectivity index (χ2v) is 20.9. The summed E-state index contributed by atoms with van der Waals surface area (Å²) in [7, 11) is 0. The lowest BCUT2D eigenvalue weighted by atomic mass is 10.0. The Hall–Kier alpha value is -3.93. The van der Waals surface area contributed by atoms with Gasteiger partial charge in [0.1, 0.15) is 13.2 Å². The molecule has 0 N–H and O–H groups in total. The third kappa shape index (κ3) is 60.9. The second-order valence-electron chi connectivity index (χ2n) is 20.9. The Bertz CT molecular complexity index is 1540. The van der Waals surface area contributed by atoms with Crippen LogP contribution in [0.5, 0.6) is 0 Å². The molecule has 0 rings (SSSR count). The average molecular weight is 1060 g/mol. The number of esters is 3. The quantitative estimate of drug-likeness (QED) is 0.0261. The molecule has 0 aromatic rings. The zero-order chi connectivity index (χ0) is 55.0. The van der Waals surface area contributed by atoms with Gasteiger partial charge in [-0.25, -0.2) is 0 Å². The second kappa shape index (κ2) is 63.6. The molecule has 0 amide bonds. The lowest BCUT2D eigenvalue weighted by Crippen LogP contribution is -2.30. The number of unbranched alkanes of at least 4 members (excludes halogenated alkanes) is 28. The molecule has 0 bridgehead atoms. The molecule has 1 atom stereocenters. The highest BCUT2D eigenvalue weighted by atomic mass is 16.6. The molecule has 0 aromatic heterocycles. The van der Waals surface area contributed by atoms with Gasteiger partial charge in [0.2, 0.25) is 0 Å². The normalized spacial score (nSPS) is 12.8. The maximum Gasteiger partial charge on any atom is 0.306 e. The number of hydrogen-bond acceptors (Lipinski definition) is 6. The first-order valence-corrected chi connectivity index (χ1v) is 31.9. The van der Waals surface area contributed by atoms with Crippen LogP contribution in [0.3, 0.4) is 0 Å². The first-order chi connectivity index (χ1) is 37.5. The van der Waals surface area contributed by atoms with Crippen molar-refractivity contribution >= 4 is 17.9 Å². The van der Waals surface area contributed by atoms with Crippen LogP contribution in [0.15, 0.2) is 109 Å². The van der Waals surface area contributed by atoms with E-state index in [0.717, 1.165) is 135 Å². The molecule has 6 heteroatoms. The molecule has 0 fully saturated rings. The molecule has 0 saturated carbocycles. The van der Waals surface area contributed by atoms with Gasteiger partial charge in [-0.1, -0.05) is 278 Å². The van der Waals surface area contributed by atoms with E-state index in [1.807, 2.05) is 0 Å². The van der Waals surface area contributed by atoms with Crippen molar-refractivity contribution in [1.29, 1.82) is 0 Å². The van der Waals surface area contributed by atoms with E-state index in [4.69, 9.17) is 14.2 Å². The van der Waals surface area contributed by atoms with Crippen molar-refractivity contribution < 1.29 is 28.6 Å². The van der Waals surface area contributed by atoms with Crippen LogP contribution in [0, 0.1) is 0 Å². The number of hydrogen-bond donors (Lipinski definition) is 0. The first kappa shape index (κ1) is 72.1. The van der Waals surface area contributed by atoms with Gasteiger partial charge in [0, 0.05) is 19.3 Å². The predicted molar refractivity (Wildman–Crippen MR) is 330 cm³/mol. The standard InChI is InChI=1S/C70H118O6/c1-4-7-10-13-16-19-22-25-27-29-31-33-34-35-36-38-39-41-43-45-48-51-54-57-60-63-69(72)75-66-67(65-74-68(71)62-59-56-53-50-47-24-21-18-15-12-9-6-3)76-70(73)64-61-58-55-52-49-46-44-42-40-37-32-30-28-26-23-20-17-14-11-8-5-2/h7,10,16,19,23,25-27,30-33,35-36,39-42,67H,4-6,8-9,11-15,17-18,20-22,24,28-29,34,37-38,43-66H2,1-3H3/b10-7-,19-16-,26-23-,27-25-,32-30-,33-31-,36-35-,41-39-,42-40-. The average Bonchev–Trinajstić information content (AvgIpc) is 3.42. The zero-order valence-electron chi connectivity index (χ0n) is 49.7. The van der Waals surface area contributed by atoms with Crippen molar-refractivity contribution in [3.63, 3.8) is 0 Å². The molecule has 0 aliphatic carbocycles. The molecule has 0 aliphatic rings. The van der Waals surface area contributed by atoms with Gasteiger partial charge < -0.3 is 14.2 Å². The highest BCUT2D eigenvalue weighted by Gasteiger charge is 2.19. The van der Waals surface area contributed by atoms with Gasteiger partial charge in [-0.15, -0.1) is 0 Å². The monoisotopic (exact) mass is 1050 g/mol. The Morgan fingerprint density at radius 2 is 0.513 bits per heavy atom. The summed E-state index contributed by atoms with van der Waals surface area (Å²) in [6.45, 7) is 6.51. The first-order valence-electron chi connectivity index (χ1n) is 31.9. The fraction of sp³-hybridized carbons (Fsp3) is 0.700. The Labute approximate surface area is 470 Å². The van der Waals surface area contributed by atoms with E-state index in [1.54, 1.807) is 0 Å². The summed E-state index contributed by atoms with van der Waals surface area (Å²) in [5.41, 5.74) is 0. The summed E-state index contributed by atoms with van der Waals surface area (Å²) in [5, 5.41) is 0. The fourth-order valence-corrected chi connectivity index (χ4v) is 8.75. The van der Waals surface area contributed by atoms with Gasteiger partial charge >= 0.3 is 17.9 Å². The van der Waals surface area contributed by atoms with Gasteiger partial charge in [0.25, 0.3) is 0 Å². The molecule has 6 nitrogen and oxygen atoms in total. The largest absolute Gasteiger partial charge is 0.462 e. The number of rotatable bonds is 57. The molecule has 0 heterocycles. The van der Waals surface area contributed by atoms with Gasteiger partial charge in [-0.2, -0.15) is 0 Å². The highest BCUT2D eigenvalue weighted by Crippen LogP contribution is 2.15. The summed E-state index contributed by atoms with van der Waals surface area (Å²) in [4.78, 5) is 38.3. The van der Waals surface area contributed by atoms with Crippen molar-refractivity contribution in [3.8, 4) is 0 Å². The van der Waals surface area contributed by atoms with E-state index in [1.165, 1.54) is 122 Å². The summed E-state index contributed by atoms with van der Waals surface area (Å²) in [6.07, 6.45) is 86.6. The molecule has 0 aliphatic heterocycles. The van der Waals surface area contributed by atoms with Gasteiger partial charge in [0.05, 0.1) is 0 Å². The van der Waals surface area contributed by atoms with E-state index in [0.29, 0.717) is 19.3 Å². The lowest BCUT2D eigenvalue weighted by molar-refractivity contribution is -0.167. The zero-order valence-corrected chi connectivity index (χ0v) is 49.7. The van der Waals surface area contributed by atoms with Crippen LogP contribution in [0.25, 0.3) is 0 Å². The van der Waals surface area contributed by atoms with E-state index < -0.39 is 6.10 Å². The molecule has 0 saturated heterocycles. The highest BCUT2D eigenvalue weighted by molar-refractivity contribution is 5.71. The molecule has 0 aromatic carbocycles. The van der Waals surface area contributed by atoms with Crippen LogP contribution in [-0.2, 0) is 28.6 Å². The summed E-state index contributed by atoms with van der Waals surface area (Å²) < 4.78 is 16.9. The Morgan fingerprint density at radius 1 is 0.276 bits per heavy atom. The van der Waals surface area contributed by atoms with Crippen molar-refractivity contribution in [2.24, 2.45) is 0 Å². The van der Waals surface area contributed by atoms with Crippen molar-refractivity contribution in [1.82, 2.24) is 0 Å². The van der Waals surface area contributed by atoms with E-state index in [9.17, 15) is 14.4 Å². The van der Waals surface area contributed by atoms with Crippen LogP contribution in [0.2, 0.25) is 0 Å². The number of allylic oxidation sites excluding steroid dienone is 18. The minimum atomic E-state index is -0.793. The fourth-order valence-electron chi connectivity index (χ4n) is 8.75. The molecule has 0 radical (unpaired) electrons. The number of carbonyl (C=O) groups is 3. The minimum Gasteiger partial charge on any atom is -0.462 e. The SMILES string of the molecule is CC/C=C\C/C=C\C/C=C\C/C=C\C/C=C\C/C=C\CCCCCCCCC(=O)OCC(COC(=O)CCCCCCCCCCCCCC)OC(=O)CCCCCCCC/C=C\C/C=C\C/C=C\CCCCCCC. The van der Waals surface area contributed by atoms with Gasteiger partial charge in [-0.05, 0) is 109 Å². The molecular weight excluding hydrogens is 937 g/mol. The third-order valence-corrected chi connectivity index (χ3v) is 13.5. The molecular formula is C70H118O6. The summed E-state index contributed by atoms with van der Waals surface area (Å²) in [5.74, 6) is -0.908. The van der Waals surface area contributed by atoms with E-state index >= 15 is 0 Å². The lowest BCUT2D eigenvalue weighted by Gasteiger charge is -2.18. The molecule has 434 valence electrons.